The summed E-state index contributed by atoms with van der Waals surface area (Å²) in [5.74, 6) is -0.330. The van der Waals surface area contributed by atoms with Crippen molar-refractivity contribution < 1.29 is 37.9 Å². The van der Waals surface area contributed by atoms with Gasteiger partial charge in [-0.3, -0.25) is 4.98 Å². The number of pyridine rings is 1. The van der Waals surface area contributed by atoms with Gasteiger partial charge >= 0.3 is 0 Å². The van der Waals surface area contributed by atoms with Gasteiger partial charge in [-0.05, 0) is 18.6 Å². The third-order valence-electron chi connectivity index (χ3n) is 4.89. The molecule has 0 atom stereocenters. The molecule has 2 aromatic rings. The molecule has 184 valence electrons. The fourth-order valence-electron chi connectivity index (χ4n) is 3.19. The van der Waals surface area contributed by atoms with Gasteiger partial charge in [0.2, 0.25) is 5.79 Å². The van der Waals surface area contributed by atoms with Crippen molar-refractivity contribution in [2.24, 2.45) is 0 Å². The largest absolute Gasteiger partial charge is 0.489 e. The Bertz CT molecular complexity index is 771. The monoisotopic (exact) mass is 465 g/mol. The average molecular weight is 466 g/mol. The summed E-state index contributed by atoms with van der Waals surface area (Å²) in [6.45, 7) is 5.54. The normalized spacial score (nSPS) is 18.6. The van der Waals surface area contributed by atoms with Gasteiger partial charge in [-0.2, -0.15) is 0 Å². The zero-order valence-electron chi connectivity index (χ0n) is 19.4. The number of hydrogen-bond donors (Lipinski definition) is 0. The van der Waals surface area contributed by atoms with E-state index in [-0.39, 0.29) is 26.8 Å². The van der Waals surface area contributed by atoms with Gasteiger partial charge in [0.05, 0.1) is 39.6 Å². The standard InChI is InChI=1S/C24H35NO8/c1-2-3-10-32-24(17-26-11-13-28-19-30-20-29-14-12-27-18-24)33-16-15-31-22-8-4-6-21-7-5-9-25-23(21)22/h4-9H,2-3,10-20H2,1H3. The minimum absolute atomic E-state index is 0.152. The average Bonchev–Trinajstić information content (AvgIpc) is 2.84. The number of ether oxygens (including phenoxy) is 8. The van der Waals surface area contributed by atoms with Crippen LogP contribution in [0.3, 0.4) is 0 Å². The summed E-state index contributed by atoms with van der Waals surface area (Å²) in [4.78, 5) is 4.42. The zero-order valence-corrected chi connectivity index (χ0v) is 19.4. The van der Waals surface area contributed by atoms with Crippen LogP contribution in [0.1, 0.15) is 19.8 Å². The summed E-state index contributed by atoms with van der Waals surface area (Å²) in [5, 5.41) is 1.03. The minimum Gasteiger partial charge on any atom is -0.489 e. The van der Waals surface area contributed by atoms with Crippen molar-refractivity contribution in [2.75, 3.05) is 73.0 Å². The number of para-hydroxylation sites is 1. The van der Waals surface area contributed by atoms with E-state index in [1.165, 1.54) is 0 Å². The molecule has 0 bridgehead atoms. The van der Waals surface area contributed by atoms with E-state index in [1.54, 1.807) is 6.20 Å². The molecule has 0 saturated carbocycles. The van der Waals surface area contributed by atoms with Gasteiger partial charge in [0.1, 0.15) is 44.7 Å². The summed E-state index contributed by atoms with van der Waals surface area (Å²) in [5.41, 5.74) is 0.822. The molecular formula is C24H35NO8. The van der Waals surface area contributed by atoms with Crippen LogP contribution < -0.4 is 4.74 Å². The lowest BCUT2D eigenvalue weighted by atomic mass is 10.2. The maximum absolute atomic E-state index is 6.19. The number of unbranched alkanes of at least 4 members (excludes halogenated alkanes) is 1. The molecule has 0 N–H and O–H groups in total. The van der Waals surface area contributed by atoms with E-state index in [0.717, 1.165) is 23.7 Å². The van der Waals surface area contributed by atoms with Crippen molar-refractivity contribution in [1.29, 1.82) is 0 Å². The fraction of sp³-hybridized carbons (Fsp3) is 0.625. The van der Waals surface area contributed by atoms with E-state index in [9.17, 15) is 0 Å². The Morgan fingerprint density at radius 3 is 2.27 bits per heavy atom. The summed E-state index contributed by atoms with van der Waals surface area (Å²) < 4.78 is 45.8. The number of aromatic nitrogens is 1. The summed E-state index contributed by atoms with van der Waals surface area (Å²) >= 11 is 0. The van der Waals surface area contributed by atoms with Crippen LogP contribution in [-0.2, 0) is 33.2 Å². The maximum Gasteiger partial charge on any atom is 0.216 e. The number of rotatable bonds is 9. The lowest BCUT2D eigenvalue weighted by molar-refractivity contribution is -0.287. The lowest BCUT2D eigenvalue weighted by Gasteiger charge is -2.33. The molecule has 0 unspecified atom stereocenters. The van der Waals surface area contributed by atoms with Crippen LogP contribution in [0.2, 0.25) is 0 Å². The highest BCUT2D eigenvalue weighted by molar-refractivity contribution is 5.84. The van der Waals surface area contributed by atoms with Crippen molar-refractivity contribution >= 4 is 10.9 Å². The number of hydrogen-bond acceptors (Lipinski definition) is 9. The molecule has 1 aliphatic heterocycles. The summed E-state index contributed by atoms with van der Waals surface area (Å²) in [6.07, 6.45) is 3.68. The molecule has 2 heterocycles. The van der Waals surface area contributed by atoms with Gasteiger partial charge < -0.3 is 37.9 Å². The first-order valence-electron chi connectivity index (χ1n) is 11.5. The smallest absolute Gasteiger partial charge is 0.216 e. The summed E-state index contributed by atoms with van der Waals surface area (Å²) in [6, 6.07) is 9.77. The highest BCUT2D eigenvalue weighted by atomic mass is 16.7. The predicted molar refractivity (Wildman–Crippen MR) is 121 cm³/mol. The van der Waals surface area contributed by atoms with E-state index in [0.29, 0.717) is 52.0 Å². The molecule has 0 radical (unpaired) electrons. The summed E-state index contributed by atoms with van der Waals surface area (Å²) in [7, 11) is 0. The van der Waals surface area contributed by atoms with Crippen LogP contribution in [0.5, 0.6) is 5.75 Å². The quantitative estimate of drug-likeness (QED) is 0.409. The van der Waals surface area contributed by atoms with Gasteiger partial charge in [-0.25, -0.2) is 0 Å². The predicted octanol–water partition coefficient (Wildman–Crippen LogP) is 3.15. The highest BCUT2D eigenvalue weighted by Crippen LogP contribution is 2.23. The van der Waals surface area contributed by atoms with Crippen LogP contribution in [-0.4, -0.2) is 83.8 Å². The number of nitrogens with zero attached hydrogens (tertiary/aromatic N) is 1. The first-order chi connectivity index (χ1) is 16.3. The highest BCUT2D eigenvalue weighted by Gasteiger charge is 2.33. The molecule has 3 rings (SSSR count). The Hall–Kier alpha value is -1.85. The molecule has 0 amide bonds. The molecule has 9 nitrogen and oxygen atoms in total. The van der Waals surface area contributed by atoms with Crippen LogP contribution in [0, 0.1) is 0 Å². The zero-order chi connectivity index (χ0) is 23.0. The van der Waals surface area contributed by atoms with Gasteiger partial charge in [-0.15, -0.1) is 0 Å². The van der Waals surface area contributed by atoms with Crippen molar-refractivity contribution in [3.63, 3.8) is 0 Å². The lowest BCUT2D eigenvalue weighted by Crippen LogP contribution is -2.47. The van der Waals surface area contributed by atoms with Crippen LogP contribution in [0.15, 0.2) is 36.5 Å². The Morgan fingerprint density at radius 2 is 1.52 bits per heavy atom. The Kier molecular flexibility index (Phi) is 11.8. The van der Waals surface area contributed by atoms with Crippen molar-refractivity contribution in [3.05, 3.63) is 36.5 Å². The molecule has 0 aliphatic carbocycles. The SMILES string of the molecule is CCCCOC1(OCCOc2cccc3cccnc23)COCCOCOCOCCOC1. The number of benzene rings is 1. The van der Waals surface area contributed by atoms with Crippen LogP contribution in [0.4, 0.5) is 0 Å². The van der Waals surface area contributed by atoms with Gasteiger partial charge in [0, 0.05) is 11.6 Å². The molecule has 9 heteroatoms. The molecular weight excluding hydrogens is 430 g/mol. The topological polar surface area (TPSA) is 86.7 Å². The van der Waals surface area contributed by atoms with E-state index in [4.69, 9.17) is 37.9 Å². The molecule has 1 aliphatic rings. The maximum atomic E-state index is 6.19. The third kappa shape index (κ3) is 9.13. The van der Waals surface area contributed by atoms with Gasteiger partial charge in [-0.1, -0.05) is 31.5 Å². The van der Waals surface area contributed by atoms with Crippen molar-refractivity contribution in [2.45, 2.75) is 25.6 Å². The molecule has 1 fully saturated rings. The van der Waals surface area contributed by atoms with E-state index >= 15 is 0 Å². The first-order valence-corrected chi connectivity index (χ1v) is 11.5. The second kappa shape index (κ2) is 15.1. The second-order valence-corrected chi connectivity index (χ2v) is 7.50. The van der Waals surface area contributed by atoms with Crippen LogP contribution in [0.25, 0.3) is 10.9 Å². The Balaban J connectivity index is 1.58. The number of fused-ring (bicyclic) bond motifs is 1. The fourth-order valence-corrected chi connectivity index (χ4v) is 3.19. The van der Waals surface area contributed by atoms with E-state index < -0.39 is 5.79 Å². The minimum atomic E-state index is -1.05. The van der Waals surface area contributed by atoms with E-state index in [1.807, 2.05) is 30.3 Å². The van der Waals surface area contributed by atoms with Crippen LogP contribution >= 0.6 is 0 Å². The molecule has 1 saturated heterocycles. The third-order valence-corrected chi connectivity index (χ3v) is 4.89. The molecule has 1 aromatic carbocycles. The second-order valence-electron chi connectivity index (χ2n) is 7.50. The molecule has 33 heavy (non-hydrogen) atoms. The van der Waals surface area contributed by atoms with Crippen molar-refractivity contribution in [1.82, 2.24) is 4.98 Å². The molecule has 1 aromatic heterocycles. The Morgan fingerprint density at radius 1 is 0.818 bits per heavy atom. The Labute approximate surface area is 195 Å². The molecule has 0 spiro atoms. The van der Waals surface area contributed by atoms with E-state index in [2.05, 4.69) is 11.9 Å². The first kappa shape index (κ1) is 25.8. The van der Waals surface area contributed by atoms with Gasteiger partial charge in [0.25, 0.3) is 0 Å². The van der Waals surface area contributed by atoms with Crippen molar-refractivity contribution in [3.8, 4) is 5.75 Å². The van der Waals surface area contributed by atoms with Gasteiger partial charge in [0.15, 0.2) is 0 Å².